The first kappa shape index (κ1) is 7.81. The minimum absolute atomic E-state index is 0.0860. The Morgan fingerprint density at radius 1 is 1.33 bits per heavy atom. The van der Waals surface area contributed by atoms with Crippen LogP contribution in [0.15, 0.2) is 35.9 Å². The van der Waals surface area contributed by atoms with Crippen molar-refractivity contribution in [3.8, 4) is 0 Å². The van der Waals surface area contributed by atoms with Crippen molar-refractivity contribution < 1.29 is 4.79 Å². The van der Waals surface area contributed by atoms with Crippen LogP contribution in [0.25, 0.3) is 0 Å². The number of hydrogen-bond donors (Lipinski definition) is 0. The smallest absolute Gasteiger partial charge is 0.162 e. The van der Waals surface area contributed by atoms with E-state index < -0.39 is 0 Å². The van der Waals surface area contributed by atoms with Gasteiger partial charge in [-0.25, -0.2) is 0 Å². The Morgan fingerprint density at radius 2 is 2.17 bits per heavy atom. The molecule has 1 nitrogen and oxygen atoms in total. The van der Waals surface area contributed by atoms with Gasteiger partial charge in [0.25, 0.3) is 0 Å². The quantitative estimate of drug-likeness (QED) is 0.566. The van der Waals surface area contributed by atoms with Crippen molar-refractivity contribution in [3.05, 3.63) is 35.9 Å². The Bertz CT molecular complexity index is 288. The van der Waals surface area contributed by atoms with Crippen molar-refractivity contribution in [1.82, 2.24) is 0 Å². The molecular formula is C10H9ClO. The SMILES string of the molecule is O=C1C=CC2C(/C=C/Cl)C=CC12. The molecule has 2 heteroatoms. The van der Waals surface area contributed by atoms with Gasteiger partial charge in [-0.15, -0.1) is 0 Å². The first-order valence-electron chi connectivity index (χ1n) is 4.00. The summed E-state index contributed by atoms with van der Waals surface area (Å²) >= 11 is 5.48. The zero-order chi connectivity index (χ0) is 8.55. The molecule has 0 aromatic heterocycles. The average Bonchev–Trinajstić information content (AvgIpc) is 2.58. The van der Waals surface area contributed by atoms with Crippen LogP contribution >= 0.6 is 11.6 Å². The average molecular weight is 181 g/mol. The fourth-order valence-electron chi connectivity index (χ4n) is 1.87. The number of ketones is 1. The molecule has 2 rings (SSSR count). The maximum Gasteiger partial charge on any atom is 0.162 e. The van der Waals surface area contributed by atoms with Crippen LogP contribution in [-0.2, 0) is 4.79 Å². The highest BCUT2D eigenvalue weighted by Gasteiger charge is 2.35. The molecule has 0 saturated heterocycles. The van der Waals surface area contributed by atoms with Crippen molar-refractivity contribution in [2.75, 3.05) is 0 Å². The minimum Gasteiger partial charge on any atom is -0.294 e. The molecule has 0 radical (unpaired) electrons. The third-order valence-corrected chi connectivity index (χ3v) is 2.65. The second-order valence-corrected chi connectivity index (χ2v) is 3.40. The molecule has 0 aliphatic heterocycles. The van der Waals surface area contributed by atoms with E-state index in [0.29, 0.717) is 11.8 Å². The maximum absolute atomic E-state index is 11.2. The van der Waals surface area contributed by atoms with Crippen LogP contribution in [0.1, 0.15) is 0 Å². The molecule has 62 valence electrons. The second kappa shape index (κ2) is 2.91. The van der Waals surface area contributed by atoms with Gasteiger partial charge >= 0.3 is 0 Å². The third-order valence-electron chi connectivity index (χ3n) is 2.51. The summed E-state index contributed by atoms with van der Waals surface area (Å²) < 4.78 is 0. The number of carbonyl (C=O) groups is 1. The molecule has 0 saturated carbocycles. The lowest BCUT2D eigenvalue weighted by molar-refractivity contribution is -0.116. The van der Waals surface area contributed by atoms with Crippen LogP contribution in [-0.4, -0.2) is 5.78 Å². The van der Waals surface area contributed by atoms with Gasteiger partial charge in [0, 0.05) is 23.3 Å². The Kier molecular flexibility index (Phi) is 1.89. The minimum atomic E-state index is 0.0860. The van der Waals surface area contributed by atoms with E-state index >= 15 is 0 Å². The van der Waals surface area contributed by atoms with Gasteiger partial charge in [-0.1, -0.05) is 35.9 Å². The van der Waals surface area contributed by atoms with Crippen molar-refractivity contribution in [1.29, 1.82) is 0 Å². The summed E-state index contributed by atoms with van der Waals surface area (Å²) in [4.78, 5) is 11.2. The van der Waals surface area contributed by atoms with Gasteiger partial charge in [0.1, 0.15) is 0 Å². The Morgan fingerprint density at radius 3 is 2.92 bits per heavy atom. The van der Waals surface area contributed by atoms with E-state index in [4.69, 9.17) is 11.6 Å². The zero-order valence-electron chi connectivity index (χ0n) is 6.48. The lowest BCUT2D eigenvalue weighted by Crippen LogP contribution is -2.12. The molecule has 0 spiro atoms. The Balaban J connectivity index is 2.21. The molecule has 0 amide bonds. The van der Waals surface area contributed by atoms with Gasteiger partial charge in [-0.2, -0.15) is 0 Å². The normalized spacial score (nSPS) is 38.4. The van der Waals surface area contributed by atoms with Gasteiger partial charge < -0.3 is 0 Å². The third kappa shape index (κ3) is 1.05. The van der Waals surface area contributed by atoms with Gasteiger partial charge in [-0.3, -0.25) is 4.79 Å². The van der Waals surface area contributed by atoms with Crippen molar-refractivity contribution in [3.63, 3.8) is 0 Å². The van der Waals surface area contributed by atoms with Crippen LogP contribution in [0.3, 0.4) is 0 Å². The molecule has 12 heavy (non-hydrogen) atoms. The molecule has 3 atom stereocenters. The van der Waals surface area contributed by atoms with E-state index in [1.165, 1.54) is 5.54 Å². The predicted octanol–water partition coefficient (Wildman–Crippen LogP) is 2.30. The fraction of sp³-hybridized carbons (Fsp3) is 0.300. The molecule has 0 N–H and O–H groups in total. The van der Waals surface area contributed by atoms with E-state index in [1.54, 1.807) is 6.08 Å². The number of hydrogen-bond acceptors (Lipinski definition) is 1. The standard InChI is InChI=1S/C10H9ClO/c11-6-5-7-1-2-9-8(7)3-4-10(9)12/h1-9H/b6-5+. The molecule has 0 aromatic rings. The number of carbonyl (C=O) groups excluding carboxylic acids is 1. The first-order valence-corrected chi connectivity index (χ1v) is 4.44. The fourth-order valence-corrected chi connectivity index (χ4v) is 2.04. The largest absolute Gasteiger partial charge is 0.294 e. The second-order valence-electron chi connectivity index (χ2n) is 3.15. The Hall–Kier alpha value is -0.820. The molecule has 0 aromatic carbocycles. The summed E-state index contributed by atoms with van der Waals surface area (Å²) in [6, 6.07) is 0. The molecule has 0 heterocycles. The van der Waals surface area contributed by atoms with Gasteiger partial charge in [0.2, 0.25) is 0 Å². The summed E-state index contributed by atoms with van der Waals surface area (Å²) in [5.41, 5.74) is 1.52. The van der Waals surface area contributed by atoms with Gasteiger partial charge in [-0.05, 0) is 6.08 Å². The molecule has 3 unspecified atom stereocenters. The number of fused-ring (bicyclic) bond motifs is 1. The van der Waals surface area contributed by atoms with Crippen LogP contribution in [0.4, 0.5) is 0 Å². The monoisotopic (exact) mass is 180 g/mol. The van der Waals surface area contributed by atoms with Crippen molar-refractivity contribution in [2.45, 2.75) is 0 Å². The highest BCUT2D eigenvalue weighted by atomic mass is 35.5. The molecule has 0 fully saturated rings. The van der Waals surface area contributed by atoms with Crippen LogP contribution in [0.5, 0.6) is 0 Å². The molecule has 2 aliphatic rings. The Labute approximate surface area is 76.4 Å². The van der Waals surface area contributed by atoms with E-state index in [0.717, 1.165) is 0 Å². The topological polar surface area (TPSA) is 17.1 Å². The first-order chi connectivity index (χ1) is 5.83. The van der Waals surface area contributed by atoms with E-state index in [2.05, 4.69) is 6.08 Å². The summed E-state index contributed by atoms with van der Waals surface area (Å²) in [5, 5.41) is 0. The molecule has 2 aliphatic carbocycles. The summed E-state index contributed by atoms with van der Waals surface area (Å²) in [6.07, 6.45) is 9.61. The number of halogens is 1. The highest BCUT2D eigenvalue weighted by molar-refractivity contribution is 6.25. The maximum atomic E-state index is 11.2. The van der Waals surface area contributed by atoms with Gasteiger partial charge in [0.05, 0.1) is 0 Å². The summed E-state index contributed by atoms with van der Waals surface area (Å²) in [7, 11) is 0. The lowest BCUT2D eigenvalue weighted by Gasteiger charge is -2.11. The van der Waals surface area contributed by atoms with E-state index in [1.807, 2.05) is 18.2 Å². The number of allylic oxidation sites excluding steroid dienone is 5. The summed E-state index contributed by atoms with van der Waals surface area (Å²) in [6.45, 7) is 0. The number of rotatable bonds is 1. The van der Waals surface area contributed by atoms with Crippen LogP contribution < -0.4 is 0 Å². The zero-order valence-corrected chi connectivity index (χ0v) is 7.24. The molecular weight excluding hydrogens is 172 g/mol. The van der Waals surface area contributed by atoms with Crippen molar-refractivity contribution in [2.24, 2.45) is 17.8 Å². The molecule has 0 bridgehead atoms. The van der Waals surface area contributed by atoms with Crippen LogP contribution in [0, 0.1) is 17.8 Å². The van der Waals surface area contributed by atoms with Crippen molar-refractivity contribution >= 4 is 17.4 Å². The van der Waals surface area contributed by atoms with E-state index in [-0.39, 0.29) is 11.7 Å². The van der Waals surface area contributed by atoms with Crippen LogP contribution in [0.2, 0.25) is 0 Å². The van der Waals surface area contributed by atoms with Gasteiger partial charge in [0.15, 0.2) is 5.78 Å². The lowest BCUT2D eigenvalue weighted by atomic mass is 9.91. The predicted molar refractivity (Wildman–Crippen MR) is 48.8 cm³/mol. The van der Waals surface area contributed by atoms with E-state index in [9.17, 15) is 4.79 Å². The highest BCUT2D eigenvalue weighted by Crippen LogP contribution is 2.37. The summed E-state index contributed by atoms with van der Waals surface area (Å²) in [5.74, 6) is 0.951.